The summed E-state index contributed by atoms with van der Waals surface area (Å²) in [7, 11) is 1.25. The molecule has 0 aliphatic carbocycles. The standard InChI is InChI=1S/C21H21F3N4O3/c1-13-11-27(8-7-25-13)15-4-6-19-26-16(10-20(29)28(19)12-15)14-3-5-17(30-2)18(9-14)31-21(22,23)24/h3-6,9-10,12-13,25H,7-8,11H2,1-2H3/t13-/m0/s1. The first-order valence-electron chi connectivity index (χ1n) is 9.69. The van der Waals surface area contributed by atoms with E-state index in [4.69, 9.17) is 4.74 Å². The molecule has 1 fully saturated rings. The monoisotopic (exact) mass is 434 g/mol. The molecule has 2 aromatic heterocycles. The lowest BCUT2D eigenvalue weighted by Crippen LogP contribution is -2.49. The van der Waals surface area contributed by atoms with E-state index >= 15 is 0 Å². The van der Waals surface area contributed by atoms with Crippen LogP contribution in [-0.4, -0.2) is 48.5 Å². The van der Waals surface area contributed by atoms with E-state index < -0.39 is 12.1 Å². The van der Waals surface area contributed by atoms with E-state index in [9.17, 15) is 18.0 Å². The summed E-state index contributed by atoms with van der Waals surface area (Å²) in [5.41, 5.74) is 1.51. The quantitative estimate of drug-likeness (QED) is 0.681. The van der Waals surface area contributed by atoms with Crippen LogP contribution in [0.2, 0.25) is 0 Å². The number of hydrogen-bond acceptors (Lipinski definition) is 6. The van der Waals surface area contributed by atoms with Gasteiger partial charge in [0.1, 0.15) is 5.65 Å². The summed E-state index contributed by atoms with van der Waals surface area (Å²) in [6.45, 7) is 4.59. The summed E-state index contributed by atoms with van der Waals surface area (Å²) in [5, 5.41) is 3.37. The topological polar surface area (TPSA) is 68.1 Å². The Balaban J connectivity index is 1.72. The zero-order valence-electron chi connectivity index (χ0n) is 16.9. The average molecular weight is 434 g/mol. The van der Waals surface area contributed by atoms with E-state index in [1.54, 1.807) is 12.3 Å². The van der Waals surface area contributed by atoms with E-state index in [0.29, 0.717) is 17.3 Å². The van der Waals surface area contributed by atoms with Gasteiger partial charge in [0.05, 0.1) is 18.5 Å². The molecule has 1 aliphatic heterocycles. The summed E-state index contributed by atoms with van der Waals surface area (Å²) in [4.78, 5) is 19.4. The van der Waals surface area contributed by atoms with Crippen LogP contribution in [0.1, 0.15) is 6.92 Å². The van der Waals surface area contributed by atoms with E-state index in [1.807, 2.05) is 6.07 Å². The van der Waals surface area contributed by atoms with Crippen molar-refractivity contribution in [1.29, 1.82) is 0 Å². The van der Waals surface area contributed by atoms with Crippen molar-refractivity contribution in [3.63, 3.8) is 0 Å². The summed E-state index contributed by atoms with van der Waals surface area (Å²) in [5.74, 6) is -0.578. The zero-order chi connectivity index (χ0) is 22.2. The number of rotatable bonds is 4. The van der Waals surface area contributed by atoms with Gasteiger partial charge in [-0.3, -0.25) is 9.20 Å². The van der Waals surface area contributed by atoms with Crippen LogP contribution < -0.4 is 25.2 Å². The maximum atomic E-state index is 12.8. The van der Waals surface area contributed by atoms with Crippen LogP contribution in [0.25, 0.3) is 16.9 Å². The highest BCUT2D eigenvalue weighted by Gasteiger charge is 2.32. The molecule has 31 heavy (non-hydrogen) atoms. The molecule has 0 radical (unpaired) electrons. The van der Waals surface area contributed by atoms with Crippen LogP contribution in [0.15, 0.2) is 47.4 Å². The Morgan fingerprint density at radius 2 is 1.97 bits per heavy atom. The van der Waals surface area contributed by atoms with Crippen molar-refractivity contribution in [2.24, 2.45) is 0 Å². The second kappa shape index (κ2) is 8.10. The van der Waals surface area contributed by atoms with E-state index in [1.165, 1.54) is 29.7 Å². The number of piperazine rings is 1. The van der Waals surface area contributed by atoms with Gasteiger partial charge in [-0.1, -0.05) is 0 Å². The minimum Gasteiger partial charge on any atom is -0.493 e. The summed E-state index contributed by atoms with van der Waals surface area (Å²) in [6.07, 6.45) is -3.14. The summed E-state index contributed by atoms with van der Waals surface area (Å²) < 4.78 is 48.6. The second-order valence-corrected chi connectivity index (χ2v) is 7.31. The lowest BCUT2D eigenvalue weighted by molar-refractivity contribution is -0.275. The number of aromatic nitrogens is 2. The van der Waals surface area contributed by atoms with Gasteiger partial charge in [-0.15, -0.1) is 13.2 Å². The second-order valence-electron chi connectivity index (χ2n) is 7.31. The number of hydrogen-bond donors (Lipinski definition) is 1. The first-order valence-corrected chi connectivity index (χ1v) is 9.69. The smallest absolute Gasteiger partial charge is 0.493 e. The van der Waals surface area contributed by atoms with Crippen LogP contribution in [0, 0.1) is 0 Å². The van der Waals surface area contributed by atoms with Gasteiger partial charge in [0.2, 0.25) is 0 Å². The number of pyridine rings is 1. The zero-order valence-corrected chi connectivity index (χ0v) is 16.9. The third-order valence-corrected chi connectivity index (χ3v) is 5.06. The molecule has 3 aromatic rings. The van der Waals surface area contributed by atoms with Crippen molar-refractivity contribution in [1.82, 2.24) is 14.7 Å². The van der Waals surface area contributed by atoms with E-state index in [2.05, 4.69) is 26.9 Å². The molecule has 0 saturated carbocycles. The van der Waals surface area contributed by atoms with Crippen LogP contribution in [0.4, 0.5) is 18.9 Å². The first kappa shape index (κ1) is 21.0. The molecular formula is C21H21F3N4O3. The Kier molecular flexibility index (Phi) is 5.48. The van der Waals surface area contributed by atoms with E-state index in [0.717, 1.165) is 31.4 Å². The molecule has 0 amide bonds. The van der Waals surface area contributed by atoms with Crippen LogP contribution >= 0.6 is 0 Å². The number of methoxy groups -OCH3 is 1. The van der Waals surface area contributed by atoms with Crippen LogP contribution in [0.5, 0.6) is 11.5 Å². The van der Waals surface area contributed by atoms with Gasteiger partial charge in [0.25, 0.3) is 5.56 Å². The van der Waals surface area contributed by atoms with E-state index in [-0.39, 0.29) is 17.0 Å². The first-order chi connectivity index (χ1) is 14.7. The summed E-state index contributed by atoms with van der Waals surface area (Å²) in [6, 6.07) is 9.26. The maximum absolute atomic E-state index is 12.8. The molecule has 7 nitrogen and oxygen atoms in total. The van der Waals surface area contributed by atoms with Crippen molar-refractivity contribution in [2.45, 2.75) is 19.3 Å². The highest BCUT2D eigenvalue weighted by Crippen LogP contribution is 2.35. The minimum atomic E-state index is -4.87. The van der Waals surface area contributed by atoms with Crippen LogP contribution in [0.3, 0.4) is 0 Å². The molecule has 10 heteroatoms. The Morgan fingerprint density at radius 1 is 1.16 bits per heavy atom. The number of alkyl halides is 3. The van der Waals surface area contributed by atoms with Crippen molar-refractivity contribution < 1.29 is 22.6 Å². The molecule has 1 N–H and O–H groups in total. The molecule has 0 unspecified atom stereocenters. The molecule has 164 valence electrons. The number of benzene rings is 1. The van der Waals surface area contributed by atoms with Crippen molar-refractivity contribution in [3.8, 4) is 22.8 Å². The summed E-state index contributed by atoms with van der Waals surface area (Å²) >= 11 is 0. The Bertz CT molecular complexity index is 1160. The molecule has 4 rings (SSSR count). The van der Waals surface area contributed by atoms with Gasteiger partial charge in [-0.2, -0.15) is 0 Å². The fraction of sp³-hybridized carbons (Fsp3) is 0.333. The average Bonchev–Trinajstić information content (AvgIpc) is 2.72. The lowest BCUT2D eigenvalue weighted by atomic mass is 10.1. The van der Waals surface area contributed by atoms with Gasteiger partial charge in [-0.05, 0) is 37.3 Å². The molecular weight excluding hydrogens is 413 g/mol. The molecule has 1 saturated heterocycles. The largest absolute Gasteiger partial charge is 0.573 e. The number of ether oxygens (including phenoxy) is 2. The van der Waals surface area contributed by atoms with Crippen molar-refractivity contribution >= 4 is 11.3 Å². The number of anilines is 1. The molecule has 3 heterocycles. The molecule has 0 spiro atoms. The normalized spacial score (nSPS) is 17.1. The third kappa shape index (κ3) is 4.58. The third-order valence-electron chi connectivity index (χ3n) is 5.06. The molecule has 1 aliphatic rings. The SMILES string of the molecule is COc1ccc(-c2cc(=O)n3cc(N4CCN[C@@H](C)C4)ccc3n2)cc1OC(F)(F)F. The van der Waals surface area contributed by atoms with Crippen LogP contribution in [-0.2, 0) is 0 Å². The maximum Gasteiger partial charge on any atom is 0.573 e. The Hall–Kier alpha value is -3.27. The van der Waals surface area contributed by atoms with Crippen molar-refractivity contribution in [2.75, 3.05) is 31.6 Å². The van der Waals surface area contributed by atoms with Crippen molar-refractivity contribution in [3.05, 3.63) is 52.9 Å². The molecule has 0 bridgehead atoms. The number of nitrogens with zero attached hydrogens (tertiary/aromatic N) is 3. The highest BCUT2D eigenvalue weighted by molar-refractivity contribution is 5.66. The van der Waals surface area contributed by atoms with Gasteiger partial charge in [0.15, 0.2) is 11.5 Å². The number of fused-ring (bicyclic) bond motifs is 1. The van der Waals surface area contributed by atoms with Gasteiger partial charge < -0.3 is 19.7 Å². The lowest BCUT2D eigenvalue weighted by Gasteiger charge is -2.33. The fourth-order valence-corrected chi connectivity index (χ4v) is 3.63. The minimum absolute atomic E-state index is 0.0755. The fourth-order valence-electron chi connectivity index (χ4n) is 3.63. The highest BCUT2D eigenvalue weighted by atomic mass is 19.4. The number of nitrogens with one attached hydrogen (secondary N) is 1. The molecule has 1 aromatic carbocycles. The number of halogens is 3. The molecule has 1 atom stereocenters. The predicted octanol–water partition coefficient (Wildman–Crippen LogP) is 3.07. The van der Waals surface area contributed by atoms with Gasteiger partial charge >= 0.3 is 6.36 Å². The predicted molar refractivity (Wildman–Crippen MR) is 110 cm³/mol. The van der Waals surface area contributed by atoms with Gasteiger partial charge in [0, 0.05) is 43.5 Å². The van der Waals surface area contributed by atoms with Gasteiger partial charge in [-0.25, -0.2) is 4.98 Å². The Morgan fingerprint density at radius 3 is 2.68 bits per heavy atom. The Labute approximate surface area is 176 Å².